The van der Waals surface area contributed by atoms with E-state index in [-0.39, 0.29) is 30.3 Å². The van der Waals surface area contributed by atoms with E-state index in [1.54, 1.807) is 6.92 Å². The predicted molar refractivity (Wildman–Crippen MR) is 98.2 cm³/mol. The molecule has 2 atom stereocenters. The van der Waals surface area contributed by atoms with Crippen molar-refractivity contribution in [3.05, 3.63) is 4.91 Å². The molecule has 0 spiro atoms. The molecule has 0 aromatic carbocycles. The van der Waals surface area contributed by atoms with E-state index in [4.69, 9.17) is 10.8 Å². The first kappa shape index (κ1) is 23.5. The molecule has 0 heterocycles. The first-order valence-corrected chi connectivity index (χ1v) is 8.99. The molecule has 8 heteroatoms. The fraction of sp³-hybridized carbons (Fsp3) is 0.882. The number of carbonyl (C=O) groups excluding carboxylic acids is 1. The number of carbonyl (C=O) groups is 2. The third-order valence-corrected chi connectivity index (χ3v) is 4.58. The lowest BCUT2D eigenvalue weighted by Crippen LogP contribution is -2.48. The van der Waals surface area contributed by atoms with Gasteiger partial charge in [-0.15, -0.1) is 0 Å². The summed E-state index contributed by atoms with van der Waals surface area (Å²) in [7, 11) is 0. The molecular weight excluding hydrogens is 324 g/mol. The molecule has 146 valence electrons. The molecule has 0 aliphatic heterocycles. The maximum absolute atomic E-state index is 11.6. The lowest BCUT2D eigenvalue weighted by atomic mass is 9.94. The Morgan fingerprint density at radius 2 is 1.80 bits per heavy atom. The lowest BCUT2D eigenvalue weighted by molar-refractivity contribution is -0.137. The smallest absolute Gasteiger partial charge is 0.303 e. The zero-order valence-electron chi connectivity index (χ0n) is 15.7. The lowest BCUT2D eigenvalue weighted by Gasteiger charge is -2.29. The van der Waals surface area contributed by atoms with Crippen molar-refractivity contribution in [1.82, 2.24) is 10.6 Å². The van der Waals surface area contributed by atoms with Crippen LogP contribution in [-0.2, 0) is 9.59 Å². The summed E-state index contributed by atoms with van der Waals surface area (Å²) in [5.74, 6) is -0.615. The van der Waals surface area contributed by atoms with Gasteiger partial charge < -0.3 is 21.5 Å². The molecule has 0 saturated heterocycles. The molecule has 0 fully saturated rings. The van der Waals surface area contributed by atoms with E-state index in [9.17, 15) is 14.5 Å². The standard InChI is InChI=1S/C17H34N4O4/c1-13(21-25)17(2,3)20-12-9-14(7-10-18)8-11-19-15(22)5-4-6-16(23)24/h13-14,20H,4-12,18H2,1-3H3,(H,19,22)(H,23,24). The van der Waals surface area contributed by atoms with Gasteiger partial charge in [0, 0.05) is 24.9 Å². The number of nitrogens with zero attached hydrogens (tertiary/aromatic N) is 1. The van der Waals surface area contributed by atoms with Crippen LogP contribution in [0.15, 0.2) is 5.18 Å². The van der Waals surface area contributed by atoms with Crippen LogP contribution in [-0.4, -0.2) is 48.2 Å². The highest BCUT2D eigenvalue weighted by molar-refractivity contribution is 5.76. The monoisotopic (exact) mass is 358 g/mol. The number of hydrogen-bond donors (Lipinski definition) is 4. The van der Waals surface area contributed by atoms with E-state index in [1.807, 2.05) is 13.8 Å². The first-order valence-electron chi connectivity index (χ1n) is 8.99. The minimum atomic E-state index is -0.884. The van der Waals surface area contributed by atoms with Crippen molar-refractivity contribution in [3.63, 3.8) is 0 Å². The maximum Gasteiger partial charge on any atom is 0.303 e. The number of amides is 1. The molecule has 0 aromatic rings. The number of aliphatic carboxylic acids is 1. The van der Waals surface area contributed by atoms with Gasteiger partial charge in [-0.3, -0.25) is 9.59 Å². The van der Waals surface area contributed by atoms with Gasteiger partial charge in [0.2, 0.25) is 5.91 Å². The van der Waals surface area contributed by atoms with Gasteiger partial charge in [0.05, 0.1) is 0 Å². The molecule has 8 nitrogen and oxygen atoms in total. The number of rotatable bonds is 15. The first-order chi connectivity index (χ1) is 11.7. The Bertz CT molecular complexity index is 415. The van der Waals surface area contributed by atoms with E-state index in [1.165, 1.54) is 0 Å². The highest BCUT2D eigenvalue weighted by Crippen LogP contribution is 2.15. The van der Waals surface area contributed by atoms with Crippen LogP contribution in [0.25, 0.3) is 0 Å². The van der Waals surface area contributed by atoms with Crippen molar-refractivity contribution in [1.29, 1.82) is 0 Å². The molecule has 2 unspecified atom stereocenters. The largest absolute Gasteiger partial charge is 0.481 e. The minimum absolute atomic E-state index is 0.0126. The van der Waals surface area contributed by atoms with Crippen molar-refractivity contribution in [2.24, 2.45) is 16.8 Å². The van der Waals surface area contributed by atoms with Gasteiger partial charge in [-0.05, 0) is 65.5 Å². The van der Waals surface area contributed by atoms with Crippen molar-refractivity contribution < 1.29 is 14.7 Å². The minimum Gasteiger partial charge on any atom is -0.481 e. The molecule has 0 rings (SSSR count). The zero-order chi connectivity index (χ0) is 19.3. The van der Waals surface area contributed by atoms with E-state index in [0.717, 1.165) is 25.8 Å². The number of hydrogen-bond acceptors (Lipinski definition) is 6. The predicted octanol–water partition coefficient (Wildman–Crippen LogP) is 1.63. The Labute approximate surface area is 150 Å². The van der Waals surface area contributed by atoms with Crippen LogP contribution in [0.3, 0.4) is 0 Å². The van der Waals surface area contributed by atoms with Gasteiger partial charge in [-0.2, -0.15) is 4.91 Å². The number of nitroso groups, excluding NO2 is 1. The molecule has 0 bridgehead atoms. The molecule has 0 aliphatic carbocycles. The molecule has 0 aromatic heterocycles. The summed E-state index contributed by atoms with van der Waals surface area (Å²) in [4.78, 5) is 32.7. The highest BCUT2D eigenvalue weighted by atomic mass is 16.4. The van der Waals surface area contributed by atoms with Crippen LogP contribution in [0.4, 0.5) is 0 Å². The number of nitrogens with two attached hydrogens (primary N) is 1. The van der Waals surface area contributed by atoms with Crippen LogP contribution in [0, 0.1) is 10.8 Å². The van der Waals surface area contributed by atoms with E-state index in [2.05, 4.69) is 15.8 Å². The molecule has 1 amide bonds. The second-order valence-electron chi connectivity index (χ2n) is 7.05. The number of carboxylic acids is 1. The Morgan fingerprint density at radius 1 is 1.16 bits per heavy atom. The fourth-order valence-electron chi connectivity index (χ4n) is 2.45. The SMILES string of the molecule is CC(N=O)C(C)(C)NCCC(CCN)CCNC(=O)CCCC(=O)O. The Kier molecular flexibility index (Phi) is 12.0. The molecule has 0 radical (unpaired) electrons. The summed E-state index contributed by atoms with van der Waals surface area (Å²) < 4.78 is 0. The number of nitrogens with one attached hydrogen (secondary N) is 2. The summed E-state index contributed by atoms with van der Waals surface area (Å²) in [5.41, 5.74) is 5.31. The third kappa shape index (κ3) is 11.6. The topological polar surface area (TPSA) is 134 Å². The molecular formula is C17H34N4O4. The van der Waals surface area contributed by atoms with Crippen molar-refractivity contribution in [2.75, 3.05) is 19.6 Å². The average molecular weight is 358 g/mol. The van der Waals surface area contributed by atoms with Crippen LogP contribution in [0.1, 0.15) is 59.3 Å². The van der Waals surface area contributed by atoms with Crippen LogP contribution in [0.2, 0.25) is 0 Å². The van der Waals surface area contributed by atoms with Gasteiger partial charge in [-0.1, -0.05) is 5.18 Å². The summed E-state index contributed by atoms with van der Waals surface area (Å²) in [6.07, 6.45) is 3.21. The van der Waals surface area contributed by atoms with Gasteiger partial charge >= 0.3 is 5.97 Å². The Hall–Kier alpha value is -1.54. The second kappa shape index (κ2) is 12.8. The van der Waals surface area contributed by atoms with Crippen molar-refractivity contribution in [2.45, 2.75) is 70.9 Å². The van der Waals surface area contributed by atoms with Crippen molar-refractivity contribution >= 4 is 11.9 Å². The van der Waals surface area contributed by atoms with Gasteiger partial charge in [0.15, 0.2) is 0 Å². The average Bonchev–Trinajstić information content (AvgIpc) is 2.53. The van der Waals surface area contributed by atoms with E-state index < -0.39 is 5.97 Å². The molecule has 25 heavy (non-hydrogen) atoms. The maximum atomic E-state index is 11.6. The van der Waals surface area contributed by atoms with Crippen molar-refractivity contribution in [3.8, 4) is 0 Å². The Morgan fingerprint density at radius 3 is 2.36 bits per heavy atom. The third-order valence-electron chi connectivity index (χ3n) is 4.58. The van der Waals surface area contributed by atoms with Gasteiger partial charge in [0.1, 0.15) is 6.04 Å². The van der Waals surface area contributed by atoms with Crippen LogP contribution in [0.5, 0.6) is 0 Å². The highest BCUT2D eigenvalue weighted by Gasteiger charge is 2.26. The summed E-state index contributed by atoms with van der Waals surface area (Å²) in [5, 5.41) is 17.8. The number of carboxylic acid groups (broad SMARTS) is 1. The van der Waals surface area contributed by atoms with Crippen LogP contribution >= 0.6 is 0 Å². The van der Waals surface area contributed by atoms with Crippen LogP contribution < -0.4 is 16.4 Å². The summed E-state index contributed by atoms with van der Waals surface area (Å²) in [6, 6.07) is -0.314. The Balaban J connectivity index is 4.07. The van der Waals surface area contributed by atoms with E-state index >= 15 is 0 Å². The molecule has 0 aliphatic rings. The molecule has 5 N–H and O–H groups in total. The van der Waals surface area contributed by atoms with E-state index in [0.29, 0.717) is 25.4 Å². The quantitative estimate of drug-likeness (QED) is 0.329. The normalized spacial score (nSPS) is 13.9. The molecule has 0 saturated carbocycles. The summed E-state index contributed by atoms with van der Waals surface area (Å²) in [6.45, 7) is 7.60. The van der Waals surface area contributed by atoms with Gasteiger partial charge in [-0.25, -0.2) is 0 Å². The second-order valence-corrected chi connectivity index (χ2v) is 7.05. The summed E-state index contributed by atoms with van der Waals surface area (Å²) >= 11 is 0. The van der Waals surface area contributed by atoms with Gasteiger partial charge in [0.25, 0.3) is 0 Å². The zero-order valence-corrected chi connectivity index (χ0v) is 15.7. The fourth-order valence-corrected chi connectivity index (χ4v) is 2.45.